The van der Waals surface area contributed by atoms with Gasteiger partial charge in [-0.2, -0.15) is 0 Å². The molecule has 1 fully saturated rings. The Bertz CT molecular complexity index is 527. The van der Waals surface area contributed by atoms with Crippen LogP contribution in [0.25, 0.3) is 0 Å². The van der Waals surface area contributed by atoms with Crippen LogP contribution in [0.5, 0.6) is 0 Å². The molecule has 7 nitrogen and oxygen atoms in total. The summed E-state index contributed by atoms with van der Waals surface area (Å²) in [7, 11) is 0. The molecule has 0 saturated heterocycles. The average Bonchev–Trinajstić information content (AvgIpc) is 3.07. The van der Waals surface area contributed by atoms with Gasteiger partial charge in [0.05, 0.1) is 5.69 Å². The zero-order valence-electron chi connectivity index (χ0n) is 8.60. The molecule has 0 atom stereocenters. The van der Waals surface area contributed by atoms with E-state index in [-0.39, 0.29) is 17.9 Å². The third kappa shape index (κ3) is 1.81. The molecule has 7 heteroatoms. The van der Waals surface area contributed by atoms with Crippen LogP contribution in [0.3, 0.4) is 0 Å². The van der Waals surface area contributed by atoms with Gasteiger partial charge in [0.1, 0.15) is 0 Å². The summed E-state index contributed by atoms with van der Waals surface area (Å²) in [5, 5.41) is 2.64. The van der Waals surface area contributed by atoms with E-state index in [1.807, 2.05) is 0 Å². The Labute approximate surface area is 90.3 Å². The van der Waals surface area contributed by atoms with Gasteiger partial charge in [-0.3, -0.25) is 9.36 Å². The molecular weight excluding hydrogens is 212 g/mol. The molecule has 1 aromatic heterocycles. The van der Waals surface area contributed by atoms with Crippen LogP contribution in [-0.4, -0.2) is 9.55 Å². The minimum absolute atomic E-state index is 0.0875. The highest BCUT2D eigenvalue weighted by atomic mass is 16.3. The topological polar surface area (TPSA) is 110 Å². The second kappa shape index (κ2) is 4.01. The first-order valence-corrected chi connectivity index (χ1v) is 5.06. The lowest BCUT2D eigenvalue weighted by atomic mass is 10.3. The first-order chi connectivity index (χ1) is 7.67. The summed E-state index contributed by atoms with van der Waals surface area (Å²) in [5.41, 5.74) is 3.95. The van der Waals surface area contributed by atoms with Crippen LogP contribution in [0.4, 0.5) is 5.69 Å². The first-order valence-electron chi connectivity index (χ1n) is 5.06. The van der Waals surface area contributed by atoms with Gasteiger partial charge in [0.25, 0.3) is 5.56 Å². The van der Waals surface area contributed by atoms with Crippen LogP contribution >= 0.6 is 0 Å². The van der Waals surface area contributed by atoms with Gasteiger partial charge in [-0.15, -0.1) is 4.91 Å². The van der Waals surface area contributed by atoms with Gasteiger partial charge in [-0.25, -0.2) is 4.79 Å². The van der Waals surface area contributed by atoms with Crippen molar-refractivity contribution in [2.45, 2.75) is 25.9 Å². The Hall–Kier alpha value is -1.76. The Balaban J connectivity index is 2.56. The van der Waals surface area contributed by atoms with E-state index in [1.54, 1.807) is 0 Å². The zero-order chi connectivity index (χ0) is 11.7. The molecule has 1 aliphatic rings. The van der Waals surface area contributed by atoms with Crippen molar-refractivity contribution >= 4 is 5.69 Å². The number of H-pyrrole nitrogens is 1. The van der Waals surface area contributed by atoms with Gasteiger partial charge in [-0.1, -0.05) is 0 Å². The number of hydrogen-bond donors (Lipinski definition) is 2. The summed E-state index contributed by atoms with van der Waals surface area (Å²) in [6.45, 7) is 0.261. The molecule has 0 spiro atoms. The Kier molecular flexibility index (Phi) is 2.69. The van der Waals surface area contributed by atoms with Gasteiger partial charge < -0.3 is 10.7 Å². The Morgan fingerprint density at radius 3 is 2.62 bits per heavy atom. The summed E-state index contributed by atoms with van der Waals surface area (Å²) in [4.78, 5) is 36.3. The molecule has 1 aromatic rings. The van der Waals surface area contributed by atoms with Crippen LogP contribution in [0.15, 0.2) is 14.8 Å². The summed E-state index contributed by atoms with van der Waals surface area (Å²) in [6, 6.07) is 0. The van der Waals surface area contributed by atoms with E-state index in [1.165, 1.54) is 0 Å². The summed E-state index contributed by atoms with van der Waals surface area (Å²) in [6.07, 6.45) is 2.02. The SMILES string of the molecule is NCc1[nH]c(=O)n(CC2CC2)c(=O)c1N=O. The second-order valence-corrected chi connectivity index (χ2v) is 3.91. The third-order valence-corrected chi connectivity index (χ3v) is 2.67. The molecule has 3 N–H and O–H groups in total. The third-order valence-electron chi connectivity index (χ3n) is 2.67. The quantitative estimate of drug-likeness (QED) is 0.690. The lowest BCUT2D eigenvalue weighted by molar-refractivity contribution is 0.571. The van der Waals surface area contributed by atoms with Crippen molar-refractivity contribution in [3.05, 3.63) is 31.4 Å². The largest absolute Gasteiger partial charge is 0.328 e. The Morgan fingerprint density at radius 1 is 1.44 bits per heavy atom. The van der Waals surface area contributed by atoms with Crippen molar-refractivity contribution in [1.29, 1.82) is 0 Å². The standard InChI is InChI=1S/C9H12N4O3/c10-3-6-7(12-16)8(14)13(9(15)11-6)4-5-1-2-5/h5H,1-4,10H2,(H,11,15). The van der Waals surface area contributed by atoms with Crippen LogP contribution in [0.1, 0.15) is 18.5 Å². The number of nitrogens with two attached hydrogens (primary N) is 1. The van der Waals surface area contributed by atoms with Crippen LogP contribution < -0.4 is 17.0 Å². The fourth-order valence-electron chi connectivity index (χ4n) is 1.57. The van der Waals surface area contributed by atoms with Gasteiger partial charge in [-0.05, 0) is 23.9 Å². The monoisotopic (exact) mass is 224 g/mol. The number of aromatic nitrogens is 2. The fourth-order valence-corrected chi connectivity index (χ4v) is 1.57. The van der Waals surface area contributed by atoms with Crippen molar-refractivity contribution in [3.63, 3.8) is 0 Å². The molecule has 2 rings (SSSR count). The predicted octanol–water partition coefficient (Wildman–Crippen LogP) is -0.197. The van der Waals surface area contributed by atoms with Crippen molar-refractivity contribution in [2.24, 2.45) is 16.8 Å². The molecule has 0 aliphatic heterocycles. The minimum Gasteiger partial charge on any atom is -0.325 e. The highest BCUT2D eigenvalue weighted by Crippen LogP contribution is 2.29. The molecular formula is C9H12N4O3. The number of rotatable bonds is 4. The Morgan fingerprint density at radius 2 is 2.12 bits per heavy atom. The minimum atomic E-state index is -0.647. The van der Waals surface area contributed by atoms with Gasteiger partial charge in [0, 0.05) is 13.1 Å². The average molecular weight is 224 g/mol. The van der Waals surface area contributed by atoms with E-state index in [9.17, 15) is 14.5 Å². The van der Waals surface area contributed by atoms with E-state index >= 15 is 0 Å². The highest BCUT2D eigenvalue weighted by Gasteiger charge is 2.24. The number of nitrogens with one attached hydrogen (secondary N) is 1. The highest BCUT2D eigenvalue weighted by molar-refractivity contribution is 5.38. The maximum atomic E-state index is 11.8. The molecule has 86 valence electrons. The fraction of sp³-hybridized carbons (Fsp3) is 0.556. The van der Waals surface area contributed by atoms with Gasteiger partial charge in [0.15, 0.2) is 5.69 Å². The van der Waals surface area contributed by atoms with Crippen LogP contribution in [0, 0.1) is 10.8 Å². The van der Waals surface area contributed by atoms with Crippen molar-refractivity contribution in [1.82, 2.24) is 9.55 Å². The van der Waals surface area contributed by atoms with E-state index in [4.69, 9.17) is 5.73 Å². The maximum Gasteiger partial charge on any atom is 0.328 e. The summed E-state index contributed by atoms with van der Waals surface area (Å²) >= 11 is 0. The van der Waals surface area contributed by atoms with Crippen LogP contribution in [-0.2, 0) is 13.1 Å². The van der Waals surface area contributed by atoms with E-state index in [0.717, 1.165) is 17.4 Å². The number of aromatic amines is 1. The van der Waals surface area contributed by atoms with Gasteiger partial charge >= 0.3 is 5.69 Å². The molecule has 16 heavy (non-hydrogen) atoms. The molecule has 0 amide bonds. The maximum absolute atomic E-state index is 11.8. The lowest BCUT2D eigenvalue weighted by Crippen LogP contribution is -2.37. The first kappa shape index (κ1) is 10.7. The van der Waals surface area contributed by atoms with Gasteiger partial charge in [0.2, 0.25) is 0 Å². The lowest BCUT2D eigenvalue weighted by Gasteiger charge is -2.05. The van der Waals surface area contributed by atoms with E-state index in [0.29, 0.717) is 12.5 Å². The summed E-state index contributed by atoms with van der Waals surface area (Å²) < 4.78 is 1.02. The number of nitroso groups, excluding NO2 is 1. The molecule has 0 aromatic carbocycles. The molecule has 1 aliphatic carbocycles. The molecule has 0 bridgehead atoms. The summed E-state index contributed by atoms with van der Waals surface area (Å²) in [5.74, 6) is 0.363. The van der Waals surface area contributed by atoms with E-state index in [2.05, 4.69) is 10.2 Å². The smallest absolute Gasteiger partial charge is 0.325 e. The van der Waals surface area contributed by atoms with Crippen LogP contribution in [0.2, 0.25) is 0 Å². The second-order valence-electron chi connectivity index (χ2n) is 3.91. The molecule has 1 saturated carbocycles. The van der Waals surface area contributed by atoms with Crippen molar-refractivity contribution in [3.8, 4) is 0 Å². The zero-order valence-corrected chi connectivity index (χ0v) is 8.60. The molecule has 0 unspecified atom stereocenters. The molecule has 1 heterocycles. The van der Waals surface area contributed by atoms with E-state index < -0.39 is 11.2 Å². The molecule has 0 radical (unpaired) electrons. The number of hydrogen-bond acceptors (Lipinski definition) is 5. The number of nitrogens with zero attached hydrogens (tertiary/aromatic N) is 2. The normalized spacial score (nSPS) is 15.1. The predicted molar refractivity (Wildman–Crippen MR) is 57.4 cm³/mol. The van der Waals surface area contributed by atoms with Crippen molar-refractivity contribution < 1.29 is 0 Å². The van der Waals surface area contributed by atoms with Crippen molar-refractivity contribution in [2.75, 3.05) is 0 Å².